The fraction of sp³-hybridized carbons (Fsp3) is 0.875. The Labute approximate surface area is 121 Å². The van der Waals surface area contributed by atoms with E-state index in [9.17, 15) is 4.79 Å². The lowest BCUT2D eigenvalue weighted by atomic mass is 9.45. The molecule has 0 aliphatic heterocycles. The first-order valence-electron chi connectivity index (χ1n) is 7.94. The highest BCUT2D eigenvalue weighted by atomic mass is 16.1. The van der Waals surface area contributed by atoms with Crippen molar-refractivity contribution in [2.45, 2.75) is 52.0 Å². The summed E-state index contributed by atoms with van der Waals surface area (Å²) in [7, 11) is 0. The monoisotopic (exact) mass is 275 g/mol. The van der Waals surface area contributed by atoms with Crippen LogP contribution in [0.25, 0.3) is 0 Å². The highest BCUT2D eigenvalue weighted by molar-refractivity contribution is 5.79. The molecule has 0 aromatic rings. The number of rotatable bonds is 4. The molecule has 3 atom stereocenters. The number of hydrogen-bond acceptors (Lipinski definition) is 3. The van der Waals surface area contributed by atoms with Crippen molar-refractivity contribution in [1.82, 2.24) is 10.6 Å². The van der Waals surface area contributed by atoms with Gasteiger partial charge in [0.2, 0.25) is 5.91 Å². The molecule has 4 heteroatoms. The van der Waals surface area contributed by atoms with Crippen LogP contribution < -0.4 is 10.6 Å². The van der Waals surface area contributed by atoms with Crippen molar-refractivity contribution in [2.24, 2.45) is 29.1 Å². The molecule has 4 rings (SSSR count). The first-order chi connectivity index (χ1) is 9.52. The third-order valence-electron chi connectivity index (χ3n) is 6.32. The van der Waals surface area contributed by atoms with Crippen LogP contribution in [0.5, 0.6) is 0 Å². The minimum absolute atomic E-state index is 0.117. The zero-order valence-corrected chi connectivity index (χ0v) is 12.5. The van der Waals surface area contributed by atoms with Gasteiger partial charge in [0.25, 0.3) is 0 Å². The SMILES string of the molecule is CC1(C)C2C[C@H]1CCC2CNC(=O)[C@H]1C[C@H](NC#N)C1. The number of carbonyl (C=O) groups is 1. The Kier molecular flexibility index (Phi) is 3.40. The van der Waals surface area contributed by atoms with Crippen LogP contribution in [-0.4, -0.2) is 18.5 Å². The van der Waals surface area contributed by atoms with E-state index in [-0.39, 0.29) is 17.9 Å². The van der Waals surface area contributed by atoms with Crippen molar-refractivity contribution < 1.29 is 4.79 Å². The number of nitriles is 1. The average Bonchev–Trinajstić information content (AvgIpc) is 2.39. The molecule has 4 aliphatic rings. The number of fused-ring (bicyclic) bond motifs is 2. The third-order valence-corrected chi connectivity index (χ3v) is 6.32. The van der Waals surface area contributed by atoms with Gasteiger partial charge >= 0.3 is 0 Å². The average molecular weight is 275 g/mol. The minimum Gasteiger partial charge on any atom is -0.356 e. The molecular formula is C16H25N3O. The van der Waals surface area contributed by atoms with E-state index < -0.39 is 0 Å². The van der Waals surface area contributed by atoms with E-state index in [4.69, 9.17) is 5.26 Å². The van der Waals surface area contributed by atoms with E-state index in [1.165, 1.54) is 19.3 Å². The van der Waals surface area contributed by atoms with Crippen LogP contribution in [0.2, 0.25) is 0 Å². The topological polar surface area (TPSA) is 64.9 Å². The van der Waals surface area contributed by atoms with E-state index in [1.807, 2.05) is 6.19 Å². The Balaban J connectivity index is 1.42. The standard InChI is InChI=1S/C16H25N3O/c1-16(2)12-4-3-10(14(16)7-12)8-18-15(20)11-5-13(6-11)19-9-17/h10-14,19H,3-8H2,1-2H3,(H,18,20)/t10?,11-,12-,13-,14?/m1/s1. The predicted molar refractivity (Wildman–Crippen MR) is 76.4 cm³/mol. The Morgan fingerprint density at radius 3 is 2.65 bits per heavy atom. The smallest absolute Gasteiger partial charge is 0.223 e. The van der Waals surface area contributed by atoms with Gasteiger partial charge < -0.3 is 10.6 Å². The lowest BCUT2D eigenvalue weighted by molar-refractivity contribution is -0.131. The normalized spacial score (nSPS) is 40.8. The van der Waals surface area contributed by atoms with Crippen molar-refractivity contribution >= 4 is 5.91 Å². The van der Waals surface area contributed by atoms with Gasteiger partial charge in [0.15, 0.2) is 6.19 Å². The fourth-order valence-electron chi connectivity index (χ4n) is 4.62. The number of amides is 1. The van der Waals surface area contributed by atoms with Crippen LogP contribution in [-0.2, 0) is 4.79 Å². The fourth-order valence-corrected chi connectivity index (χ4v) is 4.62. The van der Waals surface area contributed by atoms with Crippen LogP contribution in [0.1, 0.15) is 46.0 Å². The minimum atomic E-state index is 0.117. The molecular weight excluding hydrogens is 250 g/mol. The molecule has 0 radical (unpaired) electrons. The van der Waals surface area contributed by atoms with E-state index in [0.29, 0.717) is 11.3 Å². The molecule has 20 heavy (non-hydrogen) atoms. The summed E-state index contributed by atoms with van der Waals surface area (Å²) in [6, 6.07) is 0.219. The second kappa shape index (κ2) is 4.95. The lowest BCUT2D eigenvalue weighted by Crippen LogP contribution is -2.55. The molecule has 2 bridgehead atoms. The van der Waals surface area contributed by atoms with Gasteiger partial charge in [0, 0.05) is 18.5 Å². The molecule has 4 nitrogen and oxygen atoms in total. The molecule has 2 unspecified atom stereocenters. The van der Waals surface area contributed by atoms with Gasteiger partial charge in [0.1, 0.15) is 0 Å². The highest BCUT2D eigenvalue weighted by Crippen LogP contribution is 2.61. The molecule has 4 aliphatic carbocycles. The quantitative estimate of drug-likeness (QED) is 0.609. The first-order valence-corrected chi connectivity index (χ1v) is 7.94. The molecule has 4 fully saturated rings. The predicted octanol–water partition coefficient (Wildman–Crippen LogP) is 2.02. The molecule has 1 amide bonds. The Morgan fingerprint density at radius 2 is 2.05 bits per heavy atom. The van der Waals surface area contributed by atoms with Crippen LogP contribution in [0.4, 0.5) is 0 Å². The number of nitrogens with one attached hydrogen (secondary N) is 2. The van der Waals surface area contributed by atoms with Gasteiger partial charge in [-0.15, -0.1) is 0 Å². The van der Waals surface area contributed by atoms with E-state index in [2.05, 4.69) is 24.5 Å². The summed E-state index contributed by atoms with van der Waals surface area (Å²) in [5, 5.41) is 14.4. The van der Waals surface area contributed by atoms with Crippen molar-refractivity contribution in [2.75, 3.05) is 6.54 Å². The number of hydrogen-bond donors (Lipinski definition) is 2. The maximum absolute atomic E-state index is 12.1. The number of nitrogens with zero attached hydrogens (tertiary/aromatic N) is 1. The van der Waals surface area contributed by atoms with Gasteiger partial charge in [-0.25, -0.2) is 0 Å². The molecule has 0 heterocycles. The van der Waals surface area contributed by atoms with Crippen molar-refractivity contribution in [3.8, 4) is 6.19 Å². The summed E-state index contributed by atoms with van der Waals surface area (Å²) >= 11 is 0. The lowest BCUT2D eigenvalue weighted by Gasteiger charge is -2.60. The van der Waals surface area contributed by atoms with Gasteiger partial charge in [-0.2, -0.15) is 5.26 Å². The summed E-state index contributed by atoms with van der Waals surface area (Å²) in [4.78, 5) is 12.1. The second-order valence-electron chi connectivity index (χ2n) is 7.56. The molecule has 110 valence electrons. The Bertz CT molecular complexity index is 431. The number of carbonyl (C=O) groups excluding carboxylic acids is 1. The van der Waals surface area contributed by atoms with Crippen molar-refractivity contribution in [3.05, 3.63) is 0 Å². The summed E-state index contributed by atoms with van der Waals surface area (Å²) in [5.41, 5.74) is 0.492. The molecule has 4 saturated carbocycles. The maximum Gasteiger partial charge on any atom is 0.223 e. The zero-order chi connectivity index (χ0) is 14.3. The largest absolute Gasteiger partial charge is 0.356 e. The van der Waals surface area contributed by atoms with Crippen LogP contribution in [0.15, 0.2) is 0 Å². The summed E-state index contributed by atoms with van der Waals surface area (Å²) in [6.45, 7) is 5.64. The third kappa shape index (κ3) is 2.17. The summed E-state index contributed by atoms with van der Waals surface area (Å²) in [5.74, 6) is 2.71. The van der Waals surface area contributed by atoms with E-state index in [1.54, 1.807) is 0 Å². The highest BCUT2D eigenvalue weighted by Gasteiger charge is 2.54. The van der Waals surface area contributed by atoms with Gasteiger partial charge in [-0.1, -0.05) is 13.8 Å². The van der Waals surface area contributed by atoms with E-state index in [0.717, 1.165) is 31.2 Å². The molecule has 0 aromatic heterocycles. The molecule has 0 spiro atoms. The van der Waals surface area contributed by atoms with Gasteiger partial charge in [-0.3, -0.25) is 4.79 Å². The summed E-state index contributed by atoms with van der Waals surface area (Å²) in [6.07, 6.45) is 7.55. The van der Waals surface area contributed by atoms with Crippen LogP contribution in [0, 0.1) is 40.5 Å². The molecule has 0 aromatic carbocycles. The van der Waals surface area contributed by atoms with Crippen molar-refractivity contribution in [1.29, 1.82) is 5.26 Å². The van der Waals surface area contributed by atoms with Crippen molar-refractivity contribution in [3.63, 3.8) is 0 Å². The first kappa shape index (κ1) is 13.7. The maximum atomic E-state index is 12.1. The summed E-state index contributed by atoms with van der Waals surface area (Å²) < 4.78 is 0. The van der Waals surface area contributed by atoms with Crippen LogP contribution in [0.3, 0.4) is 0 Å². The second-order valence-corrected chi connectivity index (χ2v) is 7.56. The molecule has 2 N–H and O–H groups in total. The molecule has 0 saturated heterocycles. The Hall–Kier alpha value is -1.24. The van der Waals surface area contributed by atoms with E-state index >= 15 is 0 Å². The van der Waals surface area contributed by atoms with Crippen LogP contribution >= 0.6 is 0 Å². The Morgan fingerprint density at radius 1 is 1.30 bits per heavy atom. The van der Waals surface area contributed by atoms with Gasteiger partial charge in [0.05, 0.1) is 0 Å². The zero-order valence-electron chi connectivity index (χ0n) is 12.5. The van der Waals surface area contributed by atoms with Gasteiger partial charge in [-0.05, 0) is 55.3 Å².